The van der Waals surface area contributed by atoms with Gasteiger partial charge < -0.3 is 0 Å². The molecule has 0 spiro atoms. The third-order valence-corrected chi connectivity index (χ3v) is 8.06. The van der Waals surface area contributed by atoms with E-state index in [-0.39, 0.29) is 5.78 Å². The topological polar surface area (TPSA) is 42.9 Å². The van der Waals surface area contributed by atoms with Crippen LogP contribution in [0.25, 0.3) is 10.2 Å². The molecule has 0 amide bonds. The van der Waals surface area contributed by atoms with Gasteiger partial charge in [0.1, 0.15) is 15.7 Å². The number of benzene rings is 1. The first kappa shape index (κ1) is 18.3. The van der Waals surface area contributed by atoms with Gasteiger partial charge in [0.25, 0.3) is 0 Å². The molecule has 0 saturated heterocycles. The minimum Gasteiger partial charge on any atom is -0.293 e. The molecule has 144 valence electrons. The van der Waals surface area contributed by atoms with Crippen LogP contribution in [0.4, 0.5) is 0 Å². The van der Waals surface area contributed by atoms with Crippen LogP contribution >= 0.6 is 23.1 Å². The minimum atomic E-state index is 0.201. The number of ketones is 1. The van der Waals surface area contributed by atoms with E-state index in [1.54, 1.807) is 11.8 Å². The summed E-state index contributed by atoms with van der Waals surface area (Å²) in [5.74, 6) is 1.44. The highest BCUT2D eigenvalue weighted by Crippen LogP contribution is 2.39. The van der Waals surface area contributed by atoms with Gasteiger partial charge in [0, 0.05) is 15.8 Å². The summed E-state index contributed by atoms with van der Waals surface area (Å²) in [7, 11) is 0. The summed E-state index contributed by atoms with van der Waals surface area (Å²) in [6.07, 6.45) is 9.56. The van der Waals surface area contributed by atoms with Crippen LogP contribution in [0.15, 0.2) is 23.2 Å². The van der Waals surface area contributed by atoms with Crippen LogP contribution in [0, 0.1) is 6.92 Å². The molecule has 0 bridgehead atoms. The van der Waals surface area contributed by atoms with Gasteiger partial charge in [-0.15, -0.1) is 11.3 Å². The average Bonchev–Trinajstić information content (AvgIpc) is 3.09. The van der Waals surface area contributed by atoms with E-state index in [2.05, 4.69) is 17.1 Å². The quantitative estimate of drug-likeness (QED) is 0.314. The lowest BCUT2D eigenvalue weighted by molar-refractivity contribution is 0.102. The Morgan fingerprint density at radius 2 is 1.82 bits per heavy atom. The Kier molecular flexibility index (Phi) is 4.97. The van der Waals surface area contributed by atoms with E-state index in [0.29, 0.717) is 5.75 Å². The third-order valence-electron chi connectivity index (χ3n) is 5.90. The first-order valence-corrected chi connectivity index (χ1v) is 12.1. The van der Waals surface area contributed by atoms with Crippen LogP contribution in [-0.4, -0.2) is 21.5 Å². The maximum absolute atomic E-state index is 12.9. The predicted molar refractivity (Wildman–Crippen MR) is 117 cm³/mol. The molecule has 0 atom stereocenters. The Morgan fingerprint density at radius 1 is 1.04 bits per heavy atom. The number of rotatable bonds is 4. The average molecular weight is 409 g/mol. The van der Waals surface area contributed by atoms with E-state index in [4.69, 9.17) is 4.98 Å². The van der Waals surface area contributed by atoms with Crippen molar-refractivity contribution >= 4 is 39.1 Å². The van der Waals surface area contributed by atoms with Crippen molar-refractivity contribution in [3.8, 4) is 0 Å². The number of thioether (sulfide) groups is 1. The molecule has 3 nitrogen and oxygen atoms in total. The van der Waals surface area contributed by atoms with Crippen LogP contribution in [0.1, 0.15) is 63.4 Å². The van der Waals surface area contributed by atoms with Crippen molar-refractivity contribution in [3.63, 3.8) is 0 Å². The Labute approximate surface area is 174 Å². The van der Waals surface area contributed by atoms with Crippen LogP contribution in [0.2, 0.25) is 0 Å². The molecular formula is C23H24N2OS2. The zero-order valence-electron chi connectivity index (χ0n) is 16.2. The van der Waals surface area contributed by atoms with E-state index >= 15 is 0 Å². The van der Waals surface area contributed by atoms with Crippen molar-refractivity contribution in [1.82, 2.24) is 9.97 Å². The molecule has 0 aliphatic heterocycles. The highest BCUT2D eigenvalue weighted by Gasteiger charge is 2.21. The predicted octanol–water partition coefficient (Wildman–Crippen LogP) is 5.73. The zero-order chi connectivity index (χ0) is 19.1. The van der Waals surface area contributed by atoms with E-state index in [9.17, 15) is 4.79 Å². The number of hydrogen-bond acceptors (Lipinski definition) is 5. The number of carbonyl (C=O) groups excluding carboxylic acids is 1. The Hall–Kier alpha value is -1.72. The van der Waals surface area contributed by atoms with Crippen molar-refractivity contribution in [2.75, 3.05) is 5.75 Å². The van der Waals surface area contributed by atoms with Gasteiger partial charge in [0.2, 0.25) is 0 Å². The first-order valence-electron chi connectivity index (χ1n) is 10.3. The molecule has 2 heterocycles. The van der Waals surface area contributed by atoms with Gasteiger partial charge in [-0.3, -0.25) is 4.79 Å². The molecule has 2 aromatic heterocycles. The number of hydrogen-bond donors (Lipinski definition) is 0. The Balaban J connectivity index is 1.41. The Bertz CT molecular complexity index is 1070. The second-order valence-corrected chi connectivity index (χ2v) is 9.92. The normalized spacial score (nSPS) is 16.0. The molecule has 3 aromatic rings. The number of thiophene rings is 1. The van der Waals surface area contributed by atoms with Gasteiger partial charge in [-0.05, 0) is 81.0 Å². The minimum absolute atomic E-state index is 0.201. The number of fused-ring (bicyclic) bond motifs is 4. The molecule has 0 fully saturated rings. The summed E-state index contributed by atoms with van der Waals surface area (Å²) >= 11 is 3.41. The van der Waals surface area contributed by atoms with Crippen LogP contribution < -0.4 is 0 Å². The van der Waals surface area contributed by atoms with Crippen molar-refractivity contribution in [3.05, 3.63) is 51.2 Å². The van der Waals surface area contributed by atoms with Gasteiger partial charge in [-0.2, -0.15) is 0 Å². The molecule has 5 rings (SSSR count). The molecule has 0 saturated carbocycles. The van der Waals surface area contributed by atoms with Gasteiger partial charge in [0.05, 0.1) is 5.75 Å². The van der Waals surface area contributed by atoms with Crippen LogP contribution in [0.5, 0.6) is 0 Å². The number of aryl methyl sites for hydroxylation is 5. The second kappa shape index (κ2) is 7.60. The zero-order valence-corrected chi connectivity index (χ0v) is 17.8. The molecule has 5 heteroatoms. The van der Waals surface area contributed by atoms with E-state index in [1.165, 1.54) is 52.6 Å². The van der Waals surface area contributed by atoms with Crippen molar-refractivity contribution in [1.29, 1.82) is 0 Å². The largest absolute Gasteiger partial charge is 0.293 e. The lowest BCUT2D eigenvalue weighted by atomic mass is 9.90. The fourth-order valence-electron chi connectivity index (χ4n) is 4.45. The van der Waals surface area contributed by atoms with Crippen LogP contribution in [0.3, 0.4) is 0 Å². The fraction of sp³-hybridized carbons (Fsp3) is 0.435. The molecule has 1 aromatic carbocycles. The van der Waals surface area contributed by atoms with Gasteiger partial charge >= 0.3 is 0 Å². The number of carbonyl (C=O) groups is 1. The highest BCUT2D eigenvalue weighted by molar-refractivity contribution is 8.00. The summed E-state index contributed by atoms with van der Waals surface area (Å²) in [6, 6.07) is 6.31. The van der Waals surface area contributed by atoms with E-state index < -0.39 is 0 Å². The Morgan fingerprint density at radius 3 is 2.71 bits per heavy atom. The molecule has 0 unspecified atom stereocenters. The maximum atomic E-state index is 12.9. The third kappa shape index (κ3) is 3.39. The molecule has 28 heavy (non-hydrogen) atoms. The first-order chi connectivity index (χ1) is 13.7. The second-order valence-electron chi connectivity index (χ2n) is 7.87. The summed E-state index contributed by atoms with van der Waals surface area (Å²) in [6.45, 7) is 1.95. The maximum Gasteiger partial charge on any atom is 0.173 e. The van der Waals surface area contributed by atoms with Gasteiger partial charge in [-0.1, -0.05) is 23.9 Å². The molecular weight excluding hydrogens is 384 g/mol. The van der Waals surface area contributed by atoms with Crippen LogP contribution in [-0.2, 0) is 25.7 Å². The summed E-state index contributed by atoms with van der Waals surface area (Å²) in [5.41, 5.74) is 5.08. The number of Topliss-reactive ketones (excluding diaryl/α,β-unsaturated/α-hetero) is 1. The molecule has 2 aliphatic carbocycles. The standard InChI is InChI=1S/C23H24N2OS2/c1-14-24-22(21-18-8-4-5-9-20(18)28-23(21)25-14)27-13-19(26)17-11-10-15-6-2-3-7-16(15)12-17/h10-12H,2-9,13H2,1H3. The van der Waals surface area contributed by atoms with E-state index in [0.717, 1.165) is 46.9 Å². The van der Waals surface area contributed by atoms with Crippen molar-refractivity contribution in [2.24, 2.45) is 0 Å². The molecule has 0 radical (unpaired) electrons. The fourth-order valence-corrected chi connectivity index (χ4v) is 6.82. The van der Waals surface area contributed by atoms with Crippen molar-refractivity contribution in [2.45, 2.75) is 63.3 Å². The molecule has 2 aliphatic rings. The number of nitrogens with zero attached hydrogens (tertiary/aromatic N) is 2. The summed E-state index contributed by atoms with van der Waals surface area (Å²) in [5, 5.41) is 2.21. The lowest BCUT2D eigenvalue weighted by Gasteiger charge is -2.16. The summed E-state index contributed by atoms with van der Waals surface area (Å²) in [4.78, 5) is 24.9. The van der Waals surface area contributed by atoms with E-state index in [1.807, 2.05) is 24.3 Å². The summed E-state index contributed by atoms with van der Waals surface area (Å²) < 4.78 is 0. The molecule has 0 N–H and O–H groups in total. The van der Waals surface area contributed by atoms with Gasteiger partial charge in [0.15, 0.2) is 5.78 Å². The number of aromatic nitrogens is 2. The monoisotopic (exact) mass is 408 g/mol. The lowest BCUT2D eigenvalue weighted by Crippen LogP contribution is -2.08. The van der Waals surface area contributed by atoms with Crippen molar-refractivity contribution < 1.29 is 4.79 Å². The highest BCUT2D eigenvalue weighted by atomic mass is 32.2. The van der Waals surface area contributed by atoms with Gasteiger partial charge in [-0.25, -0.2) is 9.97 Å². The smallest absolute Gasteiger partial charge is 0.173 e. The SMILES string of the molecule is Cc1nc(SCC(=O)c2ccc3c(c2)CCCC3)c2c3c(sc2n1)CCCC3.